The van der Waals surface area contributed by atoms with Crippen LogP contribution in [0.2, 0.25) is 0 Å². The van der Waals surface area contributed by atoms with E-state index >= 15 is 0 Å². The van der Waals surface area contributed by atoms with Crippen molar-refractivity contribution in [2.75, 3.05) is 5.32 Å². The summed E-state index contributed by atoms with van der Waals surface area (Å²) < 4.78 is 2.97. The maximum Gasteiger partial charge on any atom is 0.0819 e. The Labute approximate surface area is 132 Å². The highest BCUT2D eigenvalue weighted by Gasteiger charge is 2.03. The molecular weight excluding hydrogens is 326 g/mol. The average Bonchev–Trinajstić information content (AvgIpc) is 2.98. The standard InChI is InChI=1S/C17H16BrN3/c1-13-7-8-14(18)11-17(13)19-12-15-9-10-21(20-15)16-5-3-2-4-6-16/h2-11,19H,12H2,1H3. The van der Waals surface area contributed by atoms with Gasteiger partial charge in [-0.3, -0.25) is 0 Å². The maximum absolute atomic E-state index is 4.59. The Morgan fingerprint density at radius 1 is 1.10 bits per heavy atom. The van der Waals surface area contributed by atoms with Crippen LogP contribution in [0.25, 0.3) is 5.69 Å². The summed E-state index contributed by atoms with van der Waals surface area (Å²) in [5.74, 6) is 0. The Balaban J connectivity index is 1.72. The second-order valence-corrected chi connectivity index (χ2v) is 5.82. The molecule has 0 atom stereocenters. The van der Waals surface area contributed by atoms with Gasteiger partial charge in [-0.2, -0.15) is 5.10 Å². The molecule has 3 aromatic rings. The minimum atomic E-state index is 0.705. The lowest BCUT2D eigenvalue weighted by Crippen LogP contribution is -2.03. The smallest absolute Gasteiger partial charge is 0.0819 e. The van der Waals surface area contributed by atoms with Crippen LogP contribution in [0.15, 0.2) is 65.3 Å². The van der Waals surface area contributed by atoms with Gasteiger partial charge in [0, 0.05) is 16.4 Å². The van der Waals surface area contributed by atoms with Crippen molar-refractivity contribution in [3.05, 3.63) is 76.5 Å². The predicted molar refractivity (Wildman–Crippen MR) is 89.8 cm³/mol. The summed E-state index contributed by atoms with van der Waals surface area (Å²) in [5.41, 5.74) is 4.43. The third-order valence-corrected chi connectivity index (χ3v) is 3.82. The molecule has 0 unspecified atom stereocenters. The maximum atomic E-state index is 4.59. The first-order valence-electron chi connectivity index (χ1n) is 6.82. The van der Waals surface area contributed by atoms with Crippen molar-refractivity contribution >= 4 is 21.6 Å². The van der Waals surface area contributed by atoms with Gasteiger partial charge in [0.05, 0.1) is 17.9 Å². The van der Waals surface area contributed by atoms with Crippen LogP contribution in [-0.2, 0) is 6.54 Å². The average molecular weight is 342 g/mol. The summed E-state index contributed by atoms with van der Waals surface area (Å²) in [4.78, 5) is 0. The van der Waals surface area contributed by atoms with Crippen molar-refractivity contribution in [2.45, 2.75) is 13.5 Å². The lowest BCUT2D eigenvalue weighted by Gasteiger charge is -2.08. The van der Waals surface area contributed by atoms with E-state index in [1.807, 2.05) is 53.3 Å². The van der Waals surface area contributed by atoms with E-state index in [0.29, 0.717) is 6.54 Å². The van der Waals surface area contributed by atoms with Crippen molar-refractivity contribution in [3.63, 3.8) is 0 Å². The van der Waals surface area contributed by atoms with Gasteiger partial charge in [0.1, 0.15) is 0 Å². The highest BCUT2D eigenvalue weighted by atomic mass is 79.9. The number of anilines is 1. The lowest BCUT2D eigenvalue weighted by atomic mass is 10.2. The first-order valence-corrected chi connectivity index (χ1v) is 7.62. The van der Waals surface area contributed by atoms with E-state index in [4.69, 9.17) is 0 Å². The quantitative estimate of drug-likeness (QED) is 0.754. The molecule has 3 rings (SSSR count). The Kier molecular flexibility index (Phi) is 4.06. The molecule has 2 aromatic carbocycles. The molecule has 0 amide bonds. The van der Waals surface area contributed by atoms with Gasteiger partial charge in [0.2, 0.25) is 0 Å². The molecule has 1 N–H and O–H groups in total. The van der Waals surface area contributed by atoms with E-state index in [0.717, 1.165) is 21.5 Å². The number of nitrogens with one attached hydrogen (secondary N) is 1. The van der Waals surface area contributed by atoms with Crippen LogP contribution >= 0.6 is 15.9 Å². The highest BCUT2D eigenvalue weighted by molar-refractivity contribution is 9.10. The van der Waals surface area contributed by atoms with E-state index in [-0.39, 0.29) is 0 Å². The first-order chi connectivity index (χ1) is 10.2. The van der Waals surface area contributed by atoms with Crippen molar-refractivity contribution in [1.29, 1.82) is 0 Å². The molecule has 1 aromatic heterocycles. The number of para-hydroxylation sites is 1. The van der Waals surface area contributed by atoms with Gasteiger partial charge in [0.15, 0.2) is 0 Å². The van der Waals surface area contributed by atoms with Crippen molar-refractivity contribution in [1.82, 2.24) is 9.78 Å². The Hall–Kier alpha value is -2.07. The van der Waals surface area contributed by atoms with Gasteiger partial charge in [-0.05, 0) is 42.8 Å². The Morgan fingerprint density at radius 3 is 2.71 bits per heavy atom. The number of hydrogen-bond donors (Lipinski definition) is 1. The molecule has 0 saturated carbocycles. The molecule has 0 aliphatic rings. The zero-order valence-electron chi connectivity index (χ0n) is 11.8. The van der Waals surface area contributed by atoms with Gasteiger partial charge in [-0.15, -0.1) is 0 Å². The van der Waals surface area contributed by atoms with Crippen molar-refractivity contribution in [3.8, 4) is 5.69 Å². The van der Waals surface area contributed by atoms with Crippen LogP contribution in [-0.4, -0.2) is 9.78 Å². The molecule has 0 radical (unpaired) electrons. The third-order valence-electron chi connectivity index (χ3n) is 3.32. The van der Waals surface area contributed by atoms with E-state index in [2.05, 4.69) is 45.4 Å². The summed E-state index contributed by atoms with van der Waals surface area (Å²) in [6.07, 6.45) is 1.99. The number of benzene rings is 2. The molecule has 0 aliphatic carbocycles. The zero-order chi connectivity index (χ0) is 14.7. The third kappa shape index (κ3) is 3.34. The number of hydrogen-bond acceptors (Lipinski definition) is 2. The van der Waals surface area contributed by atoms with Gasteiger partial charge in [0.25, 0.3) is 0 Å². The Morgan fingerprint density at radius 2 is 1.90 bits per heavy atom. The molecule has 0 fully saturated rings. The number of aryl methyl sites for hydroxylation is 1. The fourth-order valence-corrected chi connectivity index (χ4v) is 2.51. The van der Waals surface area contributed by atoms with Crippen LogP contribution in [0, 0.1) is 6.92 Å². The molecular formula is C17H16BrN3. The number of aromatic nitrogens is 2. The normalized spacial score (nSPS) is 10.6. The molecule has 0 saturated heterocycles. The molecule has 1 heterocycles. The number of rotatable bonds is 4. The van der Waals surface area contributed by atoms with Gasteiger partial charge in [-0.1, -0.05) is 40.2 Å². The molecule has 0 spiro atoms. The van der Waals surface area contributed by atoms with Gasteiger partial charge < -0.3 is 5.32 Å². The molecule has 21 heavy (non-hydrogen) atoms. The van der Waals surface area contributed by atoms with Gasteiger partial charge in [-0.25, -0.2) is 4.68 Å². The molecule has 3 nitrogen and oxygen atoms in total. The topological polar surface area (TPSA) is 29.9 Å². The van der Waals surface area contributed by atoms with Crippen LogP contribution in [0.5, 0.6) is 0 Å². The monoisotopic (exact) mass is 341 g/mol. The van der Waals surface area contributed by atoms with Crippen molar-refractivity contribution in [2.24, 2.45) is 0 Å². The van der Waals surface area contributed by atoms with E-state index < -0.39 is 0 Å². The predicted octanol–water partition coefficient (Wildman–Crippen LogP) is 4.56. The van der Waals surface area contributed by atoms with Crippen LogP contribution in [0.4, 0.5) is 5.69 Å². The fraction of sp³-hybridized carbons (Fsp3) is 0.118. The second-order valence-electron chi connectivity index (χ2n) is 4.90. The number of nitrogens with zero attached hydrogens (tertiary/aromatic N) is 2. The summed E-state index contributed by atoms with van der Waals surface area (Å²) in [6, 6.07) is 18.4. The summed E-state index contributed by atoms with van der Waals surface area (Å²) >= 11 is 3.50. The first kappa shape index (κ1) is 13.9. The minimum Gasteiger partial charge on any atom is -0.379 e. The van der Waals surface area contributed by atoms with Crippen molar-refractivity contribution < 1.29 is 0 Å². The SMILES string of the molecule is Cc1ccc(Br)cc1NCc1ccn(-c2ccccc2)n1. The van der Waals surface area contributed by atoms with E-state index in [9.17, 15) is 0 Å². The largest absolute Gasteiger partial charge is 0.379 e. The van der Waals surface area contributed by atoms with Crippen LogP contribution < -0.4 is 5.32 Å². The fourth-order valence-electron chi connectivity index (χ4n) is 2.15. The van der Waals surface area contributed by atoms with E-state index in [1.54, 1.807) is 0 Å². The minimum absolute atomic E-state index is 0.705. The highest BCUT2D eigenvalue weighted by Crippen LogP contribution is 2.21. The Bertz CT molecular complexity index is 735. The molecule has 106 valence electrons. The zero-order valence-corrected chi connectivity index (χ0v) is 13.3. The van der Waals surface area contributed by atoms with Crippen LogP contribution in [0.1, 0.15) is 11.3 Å². The molecule has 0 aliphatic heterocycles. The summed E-state index contributed by atoms with van der Waals surface area (Å²) in [7, 11) is 0. The van der Waals surface area contributed by atoms with Crippen LogP contribution in [0.3, 0.4) is 0 Å². The lowest BCUT2D eigenvalue weighted by molar-refractivity contribution is 0.844. The number of halogens is 1. The van der Waals surface area contributed by atoms with Gasteiger partial charge >= 0.3 is 0 Å². The molecule has 4 heteroatoms. The van der Waals surface area contributed by atoms with E-state index in [1.165, 1.54) is 5.56 Å². The second kappa shape index (κ2) is 6.14. The summed E-state index contributed by atoms with van der Waals surface area (Å²) in [6.45, 7) is 2.80. The summed E-state index contributed by atoms with van der Waals surface area (Å²) in [5, 5.41) is 8.02. The molecule has 0 bridgehead atoms.